The number of benzene rings is 1. The first-order valence-electron chi connectivity index (χ1n) is 7.00. The number of nitrogens with zero attached hydrogens (tertiary/aromatic N) is 1. The largest absolute Gasteiger partial charge is 0.492 e. The fourth-order valence-corrected chi connectivity index (χ4v) is 3.09. The number of nitrogens with one attached hydrogen (secondary N) is 1. The van der Waals surface area contributed by atoms with Gasteiger partial charge in [0.1, 0.15) is 18.2 Å². The SMILES string of the molecule is CC1(CN2CCOc3cccc(F)c3C2)CCNC1.Cl. The van der Waals surface area contributed by atoms with Crippen LogP contribution < -0.4 is 10.1 Å². The van der Waals surface area contributed by atoms with E-state index in [0.717, 1.165) is 26.2 Å². The van der Waals surface area contributed by atoms with Crippen LogP contribution in [0.4, 0.5) is 4.39 Å². The molecule has 1 fully saturated rings. The number of ether oxygens (including phenoxy) is 1. The fraction of sp³-hybridized carbons (Fsp3) is 0.600. The first-order valence-corrected chi connectivity index (χ1v) is 7.00. The van der Waals surface area contributed by atoms with E-state index >= 15 is 0 Å². The maximum atomic E-state index is 13.9. The van der Waals surface area contributed by atoms with Crippen LogP contribution in [0.15, 0.2) is 18.2 Å². The van der Waals surface area contributed by atoms with Crippen molar-refractivity contribution in [3.63, 3.8) is 0 Å². The molecule has 0 aromatic heterocycles. The van der Waals surface area contributed by atoms with Gasteiger partial charge in [-0.25, -0.2) is 4.39 Å². The van der Waals surface area contributed by atoms with E-state index in [9.17, 15) is 4.39 Å². The normalized spacial score (nSPS) is 26.3. The van der Waals surface area contributed by atoms with Crippen LogP contribution in [0.2, 0.25) is 0 Å². The molecule has 1 saturated heterocycles. The number of fused-ring (bicyclic) bond motifs is 1. The van der Waals surface area contributed by atoms with Crippen molar-refractivity contribution in [1.29, 1.82) is 0 Å². The topological polar surface area (TPSA) is 24.5 Å². The highest BCUT2D eigenvalue weighted by molar-refractivity contribution is 5.85. The second-order valence-corrected chi connectivity index (χ2v) is 6.01. The summed E-state index contributed by atoms with van der Waals surface area (Å²) in [5.41, 5.74) is 1.00. The molecule has 2 heterocycles. The fourth-order valence-electron chi connectivity index (χ4n) is 3.09. The zero-order valence-corrected chi connectivity index (χ0v) is 12.6. The maximum Gasteiger partial charge on any atom is 0.131 e. The molecule has 0 amide bonds. The Balaban J connectivity index is 0.00000147. The van der Waals surface area contributed by atoms with Crippen LogP contribution >= 0.6 is 12.4 Å². The average molecular weight is 301 g/mol. The highest BCUT2D eigenvalue weighted by atomic mass is 35.5. The maximum absolute atomic E-state index is 13.9. The highest BCUT2D eigenvalue weighted by Crippen LogP contribution is 2.30. The van der Waals surface area contributed by atoms with Crippen LogP contribution in [0.5, 0.6) is 5.75 Å². The third-order valence-corrected chi connectivity index (χ3v) is 4.19. The molecule has 0 saturated carbocycles. The molecule has 0 radical (unpaired) electrons. The molecule has 5 heteroatoms. The summed E-state index contributed by atoms with van der Waals surface area (Å²) >= 11 is 0. The summed E-state index contributed by atoms with van der Waals surface area (Å²) in [7, 11) is 0. The van der Waals surface area contributed by atoms with Gasteiger partial charge >= 0.3 is 0 Å². The van der Waals surface area contributed by atoms with Crippen LogP contribution in [-0.2, 0) is 6.54 Å². The Bertz CT molecular complexity index is 463. The quantitative estimate of drug-likeness (QED) is 0.908. The van der Waals surface area contributed by atoms with Crippen molar-refractivity contribution in [2.45, 2.75) is 19.9 Å². The van der Waals surface area contributed by atoms with E-state index in [-0.39, 0.29) is 18.2 Å². The van der Waals surface area contributed by atoms with Crippen LogP contribution in [0, 0.1) is 11.2 Å². The van der Waals surface area contributed by atoms with Crippen molar-refractivity contribution >= 4 is 12.4 Å². The zero-order chi connectivity index (χ0) is 13.3. The summed E-state index contributed by atoms with van der Waals surface area (Å²) in [5.74, 6) is 0.552. The van der Waals surface area contributed by atoms with Gasteiger partial charge in [-0.1, -0.05) is 13.0 Å². The molecule has 1 unspecified atom stereocenters. The minimum atomic E-state index is -0.154. The first-order chi connectivity index (χ1) is 9.16. The van der Waals surface area contributed by atoms with Gasteiger partial charge in [0.05, 0.1) is 0 Å². The first kappa shape index (κ1) is 15.5. The summed E-state index contributed by atoms with van der Waals surface area (Å²) in [4.78, 5) is 2.32. The molecule has 2 aliphatic rings. The Kier molecular flexibility index (Phi) is 4.89. The van der Waals surface area contributed by atoms with Crippen molar-refractivity contribution in [2.75, 3.05) is 32.8 Å². The molecule has 112 valence electrons. The summed E-state index contributed by atoms with van der Waals surface area (Å²) in [6, 6.07) is 5.09. The van der Waals surface area contributed by atoms with Gasteiger partial charge in [-0.15, -0.1) is 12.4 Å². The van der Waals surface area contributed by atoms with E-state index in [0.29, 0.717) is 29.9 Å². The number of rotatable bonds is 2. The lowest BCUT2D eigenvalue weighted by Gasteiger charge is -2.30. The van der Waals surface area contributed by atoms with E-state index in [4.69, 9.17) is 4.74 Å². The Morgan fingerprint density at radius 1 is 1.45 bits per heavy atom. The molecule has 1 atom stereocenters. The number of halogens is 2. The van der Waals surface area contributed by atoms with Gasteiger partial charge in [0.25, 0.3) is 0 Å². The van der Waals surface area contributed by atoms with Crippen LogP contribution in [0.25, 0.3) is 0 Å². The van der Waals surface area contributed by atoms with Crippen molar-refractivity contribution in [1.82, 2.24) is 10.2 Å². The predicted molar refractivity (Wildman–Crippen MR) is 80.0 cm³/mol. The molecule has 1 aromatic rings. The smallest absolute Gasteiger partial charge is 0.131 e. The van der Waals surface area contributed by atoms with Crippen molar-refractivity contribution in [3.05, 3.63) is 29.6 Å². The van der Waals surface area contributed by atoms with E-state index in [1.54, 1.807) is 6.07 Å². The summed E-state index contributed by atoms with van der Waals surface area (Å²) < 4.78 is 19.6. The van der Waals surface area contributed by atoms with E-state index < -0.39 is 0 Å². The van der Waals surface area contributed by atoms with E-state index in [2.05, 4.69) is 17.1 Å². The molecule has 3 rings (SSSR count). The molecule has 0 aliphatic carbocycles. The standard InChI is InChI=1S/C15H21FN2O.ClH/c1-15(5-6-17-10-15)11-18-7-8-19-14-4-2-3-13(16)12(14)9-18;/h2-4,17H,5-11H2,1H3;1H. The third-order valence-electron chi connectivity index (χ3n) is 4.19. The molecular weight excluding hydrogens is 279 g/mol. The van der Waals surface area contributed by atoms with Crippen LogP contribution in [0.1, 0.15) is 18.9 Å². The lowest BCUT2D eigenvalue weighted by atomic mass is 9.89. The molecule has 0 bridgehead atoms. The van der Waals surface area contributed by atoms with E-state index in [1.807, 2.05) is 6.07 Å². The van der Waals surface area contributed by atoms with Crippen molar-refractivity contribution in [2.24, 2.45) is 5.41 Å². The van der Waals surface area contributed by atoms with Gasteiger partial charge in [0.2, 0.25) is 0 Å². The molecule has 3 nitrogen and oxygen atoms in total. The third kappa shape index (κ3) is 3.25. The van der Waals surface area contributed by atoms with Crippen LogP contribution in [0.3, 0.4) is 0 Å². The minimum absolute atomic E-state index is 0. The molecule has 1 aromatic carbocycles. The Labute approximate surface area is 125 Å². The van der Waals surface area contributed by atoms with Gasteiger partial charge in [-0.3, -0.25) is 4.90 Å². The molecular formula is C15H22ClFN2O. The van der Waals surface area contributed by atoms with Gasteiger partial charge in [-0.2, -0.15) is 0 Å². The minimum Gasteiger partial charge on any atom is -0.492 e. The summed E-state index contributed by atoms with van der Waals surface area (Å²) in [5, 5.41) is 3.42. The van der Waals surface area contributed by atoms with Gasteiger partial charge in [0, 0.05) is 31.7 Å². The average Bonchev–Trinajstić information content (AvgIpc) is 2.68. The lowest BCUT2D eigenvalue weighted by molar-refractivity contribution is 0.157. The summed E-state index contributed by atoms with van der Waals surface area (Å²) in [6.07, 6.45) is 1.19. The Morgan fingerprint density at radius 3 is 3.05 bits per heavy atom. The highest BCUT2D eigenvalue weighted by Gasteiger charge is 2.31. The Morgan fingerprint density at radius 2 is 2.30 bits per heavy atom. The monoisotopic (exact) mass is 300 g/mol. The summed E-state index contributed by atoms with van der Waals surface area (Å²) in [6.45, 7) is 7.60. The lowest BCUT2D eigenvalue weighted by Crippen LogP contribution is -2.38. The second kappa shape index (κ2) is 6.29. The molecule has 0 spiro atoms. The second-order valence-electron chi connectivity index (χ2n) is 6.01. The number of hydrogen-bond donors (Lipinski definition) is 1. The van der Waals surface area contributed by atoms with Gasteiger partial charge in [0.15, 0.2) is 0 Å². The molecule has 20 heavy (non-hydrogen) atoms. The predicted octanol–water partition coefficient (Wildman–Crippen LogP) is 2.44. The number of hydrogen-bond acceptors (Lipinski definition) is 3. The molecule has 1 N–H and O–H groups in total. The van der Waals surface area contributed by atoms with Crippen LogP contribution in [-0.4, -0.2) is 37.7 Å². The Hall–Kier alpha value is -0.840. The van der Waals surface area contributed by atoms with Crippen molar-refractivity contribution < 1.29 is 9.13 Å². The van der Waals surface area contributed by atoms with Gasteiger partial charge in [-0.05, 0) is 30.5 Å². The van der Waals surface area contributed by atoms with Crippen molar-refractivity contribution in [3.8, 4) is 5.75 Å². The zero-order valence-electron chi connectivity index (χ0n) is 11.8. The van der Waals surface area contributed by atoms with E-state index in [1.165, 1.54) is 12.5 Å². The van der Waals surface area contributed by atoms with Gasteiger partial charge < -0.3 is 10.1 Å². The molecule has 2 aliphatic heterocycles.